The Bertz CT molecular complexity index is 340. The van der Waals surface area contributed by atoms with Crippen LogP contribution in [-0.4, -0.2) is 69.7 Å². The second-order valence-electron chi connectivity index (χ2n) is 4.75. The monoisotopic (exact) mass is 264 g/mol. The summed E-state index contributed by atoms with van der Waals surface area (Å²) in [4.78, 5) is 12.7. The largest absolute Gasteiger partial charge is 0.394 e. The number of aliphatic hydroxyl groups excluding tert-OH is 3. The smallest absolute Gasteiger partial charge is 0.321 e. The van der Waals surface area contributed by atoms with E-state index in [0.717, 1.165) is 11.8 Å². The summed E-state index contributed by atoms with van der Waals surface area (Å²) in [5, 5.41) is 30.2. The maximum Gasteiger partial charge on any atom is 0.321 e. The molecule has 2 saturated heterocycles. The van der Waals surface area contributed by atoms with E-state index >= 15 is 0 Å². The van der Waals surface area contributed by atoms with E-state index in [-0.39, 0.29) is 13.0 Å². The molecule has 2 heterocycles. The van der Waals surface area contributed by atoms with Crippen LogP contribution in [0.3, 0.4) is 0 Å². The van der Waals surface area contributed by atoms with Crippen LogP contribution in [-0.2, 0) is 4.74 Å². The third kappa shape index (κ3) is 2.05. The molecule has 2 aliphatic rings. The first-order chi connectivity index (χ1) is 8.37. The lowest BCUT2D eigenvalue weighted by molar-refractivity contribution is -0.0972. The second-order valence-corrected chi connectivity index (χ2v) is 4.75. The number of nitrogens with one attached hydrogen (secondary N) is 1. The highest BCUT2D eigenvalue weighted by Crippen LogP contribution is 2.36. The van der Waals surface area contributed by atoms with Gasteiger partial charge in [-0.05, 0) is 6.92 Å². The topological polar surface area (TPSA) is 102 Å². The number of carbonyl (C=O) groups is 1. The van der Waals surface area contributed by atoms with Gasteiger partial charge in [0.05, 0.1) is 6.61 Å². The van der Waals surface area contributed by atoms with Gasteiger partial charge in [0.1, 0.15) is 18.4 Å². The van der Waals surface area contributed by atoms with Crippen molar-refractivity contribution in [2.75, 3.05) is 13.2 Å². The minimum absolute atomic E-state index is 0.113. The third-order valence-electron chi connectivity index (χ3n) is 3.37. The molecule has 2 unspecified atom stereocenters. The molecule has 5 atom stereocenters. The van der Waals surface area contributed by atoms with E-state index in [1.54, 1.807) is 0 Å². The molecule has 0 aromatic rings. The first kappa shape index (κ1) is 13.5. The molecule has 0 aliphatic carbocycles. The summed E-state index contributed by atoms with van der Waals surface area (Å²) < 4.78 is 19.6. The fourth-order valence-electron chi connectivity index (χ4n) is 2.29. The number of nitrogens with zero attached hydrogens (tertiary/aromatic N) is 1. The van der Waals surface area contributed by atoms with Gasteiger partial charge in [0, 0.05) is 13.0 Å². The number of hydrogen-bond acceptors (Lipinski definition) is 5. The van der Waals surface area contributed by atoms with Crippen LogP contribution in [0.2, 0.25) is 0 Å². The highest BCUT2D eigenvalue weighted by atomic mass is 19.1. The van der Waals surface area contributed by atoms with Crippen molar-refractivity contribution in [2.24, 2.45) is 0 Å². The number of urea groups is 1. The van der Waals surface area contributed by atoms with Crippen LogP contribution in [0.15, 0.2) is 0 Å². The number of aliphatic hydroxyl groups is 3. The van der Waals surface area contributed by atoms with Crippen molar-refractivity contribution in [3.63, 3.8) is 0 Å². The summed E-state index contributed by atoms with van der Waals surface area (Å²) in [6, 6.07) is -0.659. The zero-order chi connectivity index (χ0) is 13.5. The molecule has 18 heavy (non-hydrogen) atoms. The van der Waals surface area contributed by atoms with Gasteiger partial charge < -0.3 is 25.4 Å². The quantitative estimate of drug-likeness (QED) is 0.487. The lowest BCUT2D eigenvalue weighted by Gasteiger charge is -2.38. The van der Waals surface area contributed by atoms with E-state index in [4.69, 9.17) is 9.84 Å². The predicted octanol–water partition coefficient (Wildman–Crippen LogP) is -1.47. The van der Waals surface area contributed by atoms with Gasteiger partial charge in [-0.2, -0.15) is 0 Å². The van der Waals surface area contributed by atoms with Gasteiger partial charge >= 0.3 is 6.03 Å². The highest BCUT2D eigenvalue weighted by molar-refractivity contribution is 5.75. The fraction of sp³-hybridized carbons (Fsp3) is 0.900. The van der Waals surface area contributed by atoms with Crippen molar-refractivity contribution in [1.29, 1.82) is 0 Å². The average Bonchev–Trinajstić information content (AvgIpc) is 2.52. The second kappa shape index (κ2) is 4.61. The zero-order valence-corrected chi connectivity index (χ0v) is 9.91. The van der Waals surface area contributed by atoms with Crippen LogP contribution < -0.4 is 5.32 Å². The predicted molar refractivity (Wildman–Crippen MR) is 57.1 cm³/mol. The Morgan fingerprint density at radius 1 is 1.61 bits per heavy atom. The van der Waals surface area contributed by atoms with E-state index < -0.39 is 43.0 Å². The number of rotatable bonds is 2. The molecule has 0 saturated carbocycles. The van der Waals surface area contributed by atoms with Crippen LogP contribution in [0.25, 0.3) is 0 Å². The molecule has 8 heteroatoms. The number of amides is 2. The summed E-state index contributed by atoms with van der Waals surface area (Å²) in [6.07, 6.45) is -4.57. The minimum atomic E-state index is -2.17. The number of hydrogen-bond donors (Lipinski definition) is 4. The molecule has 0 aromatic heterocycles. The SMILES string of the molecule is C[C@]1(F)C(N2CCC(O)NC2=O)O[C@H](CO)[C@H]1O. The average molecular weight is 264 g/mol. The molecular formula is C10H17FN2O5. The highest BCUT2D eigenvalue weighted by Gasteiger charge is 2.57. The molecule has 2 rings (SSSR count). The number of alkyl halides is 1. The zero-order valence-electron chi connectivity index (χ0n) is 9.91. The Morgan fingerprint density at radius 2 is 2.28 bits per heavy atom. The minimum Gasteiger partial charge on any atom is -0.394 e. The number of carbonyl (C=O) groups excluding carboxylic acids is 1. The molecule has 2 aliphatic heterocycles. The Labute approximate surface area is 103 Å². The molecule has 2 amide bonds. The van der Waals surface area contributed by atoms with Crippen molar-refractivity contribution in [3.8, 4) is 0 Å². The number of halogens is 1. The van der Waals surface area contributed by atoms with E-state index in [1.165, 1.54) is 0 Å². The summed E-state index contributed by atoms with van der Waals surface area (Å²) in [7, 11) is 0. The van der Waals surface area contributed by atoms with Crippen molar-refractivity contribution in [3.05, 3.63) is 0 Å². The Balaban J connectivity index is 2.15. The van der Waals surface area contributed by atoms with Gasteiger partial charge in [-0.25, -0.2) is 9.18 Å². The normalized spacial score (nSPS) is 45.2. The van der Waals surface area contributed by atoms with Crippen LogP contribution in [0.5, 0.6) is 0 Å². The molecule has 4 N–H and O–H groups in total. The third-order valence-corrected chi connectivity index (χ3v) is 3.37. The van der Waals surface area contributed by atoms with Crippen LogP contribution in [0.1, 0.15) is 13.3 Å². The van der Waals surface area contributed by atoms with Crippen molar-refractivity contribution >= 4 is 6.03 Å². The van der Waals surface area contributed by atoms with Gasteiger partial charge in [-0.15, -0.1) is 0 Å². The number of ether oxygens (including phenoxy) is 1. The Hall–Kier alpha value is -0.960. The fourth-order valence-corrected chi connectivity index (χ4v) is 2.29. The maximum atomic E-state index is 14.4. The summed E-state index contributed by atoms with van der Waals surface area (Å²) in [6.45, 7) is 0.702. The molecular weight excluding hydrogens is 247 g/mol. The molecule has 0 radical (unpaired) electrons. The van der Waals surface area contributed by atoms with Crippen molar-refractivity contribution < 1.29 is 29.2 Å². The van der Waals surface area contributed by atoms with E-state index in [2.05, 4.69) is 5.32 Å². The van der Waals surface area contributed by atoms with Crippen LogP contribution >= 0.6 is 0 Å². The molecule has 104 valence electrons. The van der Waals surface area contributed by atoms with Crippen molar-refractivity contribution in [2.45, 2.75) is 43.7 Å². The van der Waals surface area contributed by atoms with E-state index in [1.807, 2.05) is 0 Å². The lowest BCUT2D eigenvalue weighted by Crippen LogP contribution is -2.60. The molecule has 7 nitrogen and oxygen atoms in total. The standard InChI is InChI=1S/C10H17FN2O5/c1-10(11)7(16)5(4-14)18-8(10)13-3-2-6(15)12-9(13)17/h5-8,14-16H,2-4H2,1H3,(H,12,17)/t5-,6?,7-,8?,10-/m1/s1. The molecule has 0 spiro atoms. The molecule has 2 fully saturated rings. The van der Waals surface area contributed by atoms with Gasteiger partial charge in [0.2, 0.25) is 0 Å². The summed E-state index contributed by atoms with van der Waals surface area (Å²) >= 11 is 0. The van der Waals surface area contributed by atoms with Gasteiger partial charge in [-0.1, -0.05) is 0 Å². The Morgan fingerprint density at radius 3 is 2.78 bits per heavy atom. The van der Waals surface area contributed by atoms with E-state index in [0.29, 0.717) is 0 Å². The van der Waals surface area contributed by atoms with Gasteiger partial charge in [0.15, 0.2) is 11.9 Å². The summed E-state index contributed by atoms with van der Waals surface area (Å²) in [5.41, 5.74) is -2.17. The van der Waals surface area contributed by atoms with Gasteiger partial charge in [0.25, 0.3) is 0 Å². The molecule has 0 aromatic carbocycles. The molecule has 0 bridgehead atoms. The van der Waals surface area contributed by atoms with Crippen LogP contribution in [0.4, 0.5) is 9.18 Å². The lowest BCUT2D eigenvalue weighted by atomic mass is 9.97. The maximum absolute atomic E-state index is 14.4. The Kier molecular flexibility index (Phi) is 3.45. The first-order valence-electron chi connectivity index (χ1n) is 5.76. The summed E-state index contributed by atoms with van der Waals surface area (Å²) in [5.74, 6) is 0. The first-order valence-corrected chi connectivity index (χ1v) is 5.76. The van der Waals surface area contributed by atoms with Crippen LogP contribution in [0, 0.1) is 0 Å². The van der Waals surface area contributed by atoms with Crippen molar-refractivity contribution in [1.82, 2.24) is 10.2 Å². The van der Waals surface area contributed by atoms with Gasteiger partial charge in [-0.3, -0.25) is 4.90 Å². The van der Waals surface area contributed by atoms with E-state index in [9.17, 15) is 19.4 Å².